The van der Waals surface area contributed by atoms with E-state index < -0.39 is 11.9 Å². The number of carbonyl (C=O) groups is 1. The quantitative estimate of drug-likeness (QED) is 0.583. The van der Waals surface area contributed by atoms with E-state index in [1.807, 2.05) is 20.8 Å². The Kier molecular flexibility index (Phi) is 8.99. The molecule has 2 rings (SSSR count). The molecule has 0 aliphatic heterocycles. The minimum atomic E-state index is -0.698. The van der Waals surface area contributed by atoms with Crippen LogP contribution in [0.25, 0.3) is 0 Å². The van der Waals surface area contributed by atoms with Gasteiger partial charge in [-0.2, -0.15) is 0 Å². The molecule has 1 aliphatic carbocycles. The molecule has 1 aromatic rings. The lowest BCUT2D eigenvalue weighted by Gasteiger charge is -2.30. The molecule has 1 unspecified atom stereocenters. The van der Waals surface area contributed by atoms with Crippen molar-refractivity contribution < 1.29 is 23.8 Å². The molecule has 1 saturated carbocycles. The van der Waals surface area contributed by atoms with Crippen molar-refractivity contribution >= 4 is 17.7 Å². The number of carbonyl (C=O) groups excluding carboxylic acids is 1. The Hall–Kier alpha value is -1.57. The molecule has 1 atom stereocenters. The Balaban J connectivity index is 1.59. The molecule has 0 bridgehead atoms. The number of hydrogen-bond acceptors (Lipinski definition) is 5. The van der Waals surface area contributed by atoms with Crippen molar-refractivity contribution in [1.82, 2.24) is 10.6 Å². The monoisotopic (exact) mass is 430 g/mol. The first-order valence-electron chi connectivity index (χ1n) is 10.1. The van der Waals surface area contributed by atoms with Gasteiger partial charge in [-0.05, 0) is 64.5 Å². The average Bonchev–Trinajstić information content (AvgIpc) is 2.65. The lowest BCUT2D eigenvalue weighted by Crippen LogP contribution is -2.42. The summed E-state index contributed by atoms with van der Waals surface area (Å²) < 4.78 is 24.1. The minimum Gasteiger partial charge on any atom is -0.491 e. The highest BCUT2D eigenvalue weighted by Crippen LogP contribution is 2.25. The Bertz CT molecular complexity index is 661. The fraction of sp³-hybridized carbons (Fsp3) is 0.667. The Labute approximate surface area is 177 Å². The first-order valence-corrected chi connectivity index (χ1v) is 10.4. The second kappa shape index (κ2) is 11.0. The molecular weight excluding hydrogens is 399 g/mol. The van der Waals surface area contributed by atoms with Crippen molar-refractivity contribution in [2.24, 2.45) is 5.92 Å². The van der Waals surface area contributed by atoms with Gasteiger partial charge in [0.15, 0.2) is 0 Å². The summed E-state index contributed by atoms with van der Waals surface area (Å²) in [5.41, 5.74) is -0.301. The topological polar surface area (TPSA) is 79.8 Å². The van der Waals surface area contributed by atoms with Crippen molar-refractivity contribution in [3.05, 3.63) is 29.0 Å². The van der Waals surface area contributed by atoms with Crippen LogP contribution >= 0.6 is 11.6 Å². The standard InChI is InChI=1S/C21H32ClFN2O4/c1-21(2,3)25-20(27)29-12-14-4-6-15(7-5-14)24-11-16(26)13-28-17-8-9-18(22)19(23)10-17/h8-10,14-16,24,26H,4-7,11-13H2,1-3H3,(H,25,27). The third kappa shape index (κ3) is 9.19. The van der Waals surface area contributed by atoms with E-state index in [0.29, 0.717) is 30.9 Å². The van der Waals surface area contributed by atoms with Crippen LogP contribution in [0.3, 0.4) is 0 Å². The third-order valence-electron chi connectivity index (χ3n) is 4.75. The van der Waals surface area contributed by atoms with E-state index in [4.69, 9.17) is 21.1 Å². The predicted molar refractivity (Wildman–Crippen MR) is 111 cm³/mol. The number of rotatable bonds is 8. The summed E-state index contributed by atoms with van der Waals surface area (Å²) in [5, 5.41) is 16.3. The maximum atomic E-state index is 13.4. The van der Waals surface area contributed by atoms with Crippen LogP contribution in [0, 0.1) is 11.7 Å². The molecule has 0 heterocycles. The molecule has 164 valence electrons. The third-order valence-corrected chi connectivity index (χ3v) is 5.06. The van der Waals surface area contributed by atoms with Crippen LogP contribution in [-0.4, -0.2) is 48.6 Å². The molecule has 1 fully saturated rings. The van der Waals surface area contributed by atoms with E-state index in [-0.39, 0.29) is 23.3 Å². The molecule has 0 spiro atoms. The number of hydrogen-bond donors (Lipinski definition) is 3. The van der Waals surface area contributed by atoms with E-state index in [1.165, 1.54) is 12.1 Å². The van der Waals surface area contributed by atoms with Crippen LogP contribution in [0.5, 0.6) is 5.75 Å². The zero-order valence-electron chi connectivity index (χ0n) is 17.3. The second-order valence-corrected chi connectivity index (χ2v) is 9.05. The number of aliphatic hydroxyl groups excluding tert-OH is 1. The first-order chi connectivity index (χ1) is 13.6. The summed E-state index contributed by atoms with van der Waals surface area (Å²) >= 11 is 5.63. The smallest absolute Gasteiger partial charge is 0.407 e. The normalized spacial score (nSPS) is 20.8. The summed E-state index contributed by atoms with van der Waals surface area (Å²) in [5.74, 6) is 0.155. The Morgan fingerprint density at radius 2 is 2.00 bits per heavy atom. The maximum Gasteiger partial charge on any atom is 0.407 e. The molecule has 0 aromatic heterocycles. The minimum absolute atomic E-state index is 0.0374. The molecule has 29 heavy (non-hydrogen) atoms. The number of benzene rings is 1. The van der Waals surface area contributed by atoms with Crippen LogP contribution in [0.2, 0.25) is 5.02 Å². The average molecular weight is 431 g/mol. The molecule has 6 nitrogen and oxygen atoms in total. The van der Waals surface area contributed by atoms with E-state index in [2.05, 4.69) is 10.6 Å². The van der Waals surface area contributed by atoms with Crippen LogP contribution in [0.1, 0.15) is 46.5 Å². The van der Waals surface area contributed by atoms with Crippen LogP contribution in [0.15, 0.2) is 18.2 Å². The molecule has 1 aliphatic rings. The number of alkyl carbamates (subject to hydrolysis) is 1. The van der Waals surface area contributed by atoms with Gasteiger partial charge in [-0.1, -0.05) is 11.6 Å². The second-order valence-electron chi connectivity index (χ2n) is 8.64. The lowest BCUT2D eigenvalue weighted by molar-refractivity contribution is 0.0925. The zero-order valence-corrected chi connectivity index (χ0v) is 18.1. The summed E-state index contributed by atoms with van der Waals surface area (Å²) in [6.45, 7) is 6.65. The van der Waals surface area contributed by atoms with E-state index in [0.717, 1.165) is 25.7 Å². The maximum absolute atomic E-state index is 13.4. The highest BCUT2D eigenvalue weighted by Gasteiger charge is 2.23. The SMILES string of the molecule is CC(C)(C)NC(=O)OCC1CCC(NCC(O)COc2ccc(Cl)c(F)c2)CC1. The first kappa shape index (κ1) is 23.7. The fourth-order valence-corrected chi connectivity index (χ4v) is 3.31. The molecular formula is C21H32ClFN2O4. The summed E-state index contributed by atoms with van der Waals surface area (Å²) in [7, 11) is 0. The van der Waals surface area contributed by atoms with Crippen molar-refractivity contribution in [1.29, 1.82) is 0 Å². The summed E-state index contributed by atoms with van der Waals surface area (Å²) in [6.07, 6.45) is 2.79. The van der Waals surface area contributed by atoms with E-state index in [1.54, 1.807) is 6.07 Å². The van der Waals surface area contributed by atoms with Crippen LogP contribution < -0.4 is 15.4 Å². The number of ether oxygens (including phenoxy) is 2. The number of amides is 1. The van der Waals surface area contributed by atoms with E-state index in [9.17, 15) is 14.3 Å². The zero-order chi connectivity index (χ0) is 21.4. The van der Waals surface area contributed by atoms with Gasteiger partial charge in [-0.15, -0.1) is 0 Å². The van der Waals surface area contributed by atoms with Gasteiger partial charge in [0.1, 0.15) is 24.3 Å². The Morgan fingerprint density at radius 1 is 1.31 bits per heavy atom. The molecule has 3 N–H and O–H groups in total. The van der Waals surface area contributed by atoms with Crippen molar-refractivity contribution in [3.63, 3.8) is 0 Å². The van der Waals surface area contributed by atoms with Crippen molar-refractivity contribution in [2.45, 2.75) is 64.1 Å². The van der Waals surface area contributed by atoms with Crippen LogP contribution in [0.4, 0.5) is 9.18 Å². The molecule has 0 radical (unpaired) electrons. The predicted octanol–water partition coefficient (Wildman–Crippen LogP) is 3.89. The van der Waals surface area contributed by atoms with Crippen LogP contribution in [-0.2, 0) is 4.74 Å². The van der Waals surface area contributed by atoms with Crippen molar-refractivity contribution in [2.75, 3.05) is 19.8 Å². The summed E-state index contributed by atoms with van der Waals surface area (Å²) in [4.78, 5) is 11.7. The van der Waals surface area contributed by atoms with Gasteiger partial charge in [0.2, 0.25) is 0 Å². The molecule has 8 heteroatoms. The number of halogens is 2. The number of nitrogens with one attached hydrogen (secondary N) is 2. The number of aliphatic hydroxyl groups is 1. The summed E-state index contributed by atoms with van der Waals surface area (Å²) in [6, 6.07) is 4.51. The van der Waals surface area contributed by atoms with Gasteiger partial charge in [-0.25, -0.2) is 9.18 Å². The molecule has 1 amide bonds. The highest BCUT2D eigenvalue weighted by molar-refractivity contribution is 6.30. The van der Waals surface area contributed by atoms with Gasteiger partial charge in [0, 0.05) is 24.2 Å². The van der Waals surface area contributed by atoms with Gasteiger partial charge < -0.3 is 25.2 Å². The molecule has 0 saturated heterocycles. The Morgan fingerprint density at radius 3 is 2.62 bits per heavy atom. The largest absolute Gasteiger partial charge is 0.491 e. The van der Waals surface area contributed by atoms with Gasteiger partial charge in [-0.3, -0.25) is 0 Å². The van der Waals surface area contributed by atoms with Gasteiger partial charge in [0.05, 0.1) is 11.6 Å². The lowest BCUT2D eigenvalue weighted by atomic mass is 9.86. The van der Waals surface area contributed by atoms with Crippen molar-refractivity contribution in [3.8, 4) is 5.75 Å². The highest BCUT2D eigenvalue weighted by atomic mass is 35.5. The van der Waals surface area contributed by atoms with Gasteiger partial charge >= 0.3 is 6.09 Å². The van der Waals surface area contributed by atoms with E-state index >= 15 is 0 Å². The fourth-order valence-electron chi connectivity index (χ4n) is 3.19. The molecule has 1 aromatic carbocycles. The van der Waals surface area contributed by atoms with Gasteiger partial charge in [0.25, 0.3) is 0 Å².